The average Bonchev–Trinajstić information content (AvgIpc) is 2.27. The quantitative estimate of drug-likeness (QED) is 0.785. The predicted octanol–water partition coefficient (Wildman–Crippen LogP) is 2.60. The number of nitriles is 1. The van der Waals surface area contributed by atoms with Crippen LogP contribution in [0.4, 0.5) is 8.78 Å². The number of carbonyl (C=O) groups excluding carboxylic acids is 1. The SMILES string of the molecule is COC(=O)c1cc(C#N)c(OC(F)F)cc1Cl. The van der Waals surface area contributed by atoms with Gasteiger partial charge in [0.2, 0.25) is 0 Å². The predicted molar refractivity (Wildman–Crippen MR) is 54.1 cm³/mol. The number of nitrogens with zero attached hydrogens (tertiary/aromatic N) is 1. The number of alkyl halides is 2. The molecule has 0 aliphatic rings. The lowest BCUT2D eigenvalue weighted by Crippen LogP contribution is -2.07. The Kier molecular flexibility index (Phi) is 4.24. The molecule has 0 aromatic heterocycles. The van der Waals surface area contributed by atoms with Crippen LogP contribution in [0.5, 0.6) is 5.75 Å². The van der Waals surface area contributed by atoms with Crippen molar-refractivity contribution in [2.45, 2.75) is 6.61 Å². The third kappa shape index (κ3) is 3.04. The number of halogens is 3. The molecule has 4 nitrogen and oxygen atoms in total. The molecule has 0 radical (unpaired) electrons. The van der Waals surface area contributed by atoms with Gasteiger partial charge in [0.1, 0.15) is 11.8 Å². The van der Waals surface area contributed by atoms with Gasteiger partial charge in [-0.05, 0) is 6.07 Å². The minimum absolute atomic E-state index is 0.0904. The van der Waals surface area contributed by atoms with Crippen molar-refractivity contribution < 1.29 is 23.0 Å². The summed E-state index contributed by atoms with van der Waals surface area (Å²) in [6.07, 6.45) is 0. The van der Waals surface area contributed by atoms with Crippen molar-refractivity contribution in [3.63, 3.8) is 0 Å². The number of hydrogen-bond acceptors (Lipinski definition) is 4. The standard InChI is InChI=1S/C10H6ClF2NO3/c1-16-9(15)6-2-5(4-14)8(3-7(6)11)17-10(12)13/h2-3,10H,1H3. The summed E-state index contributed by atoms with van der Waals surface area (Å²) in [6, 6.07) is 3.63. The van der Waals surface area contributed by atoms with Crippen molar-refractivity contribution in [3.8, 4) is 11.8 Å². The summed E-state index contributed by atoms with van der Waals surface area (Å²) in [7, 11) is 1.13. The number of hydrogen-bond donors (Lipinski definition) is 0. The highest BCUT2D eigenvalue weighted by Crippen LogP contribution is 2.28. The third-order valence-corrected chi connectivity index (χ3v) is 2.12. The van der Waals surface area contributed by atoms with Gasteiger partial charge in [0.15, 0.2) is 0 Å². The Labute approximate surface area is 100 Å². The first kappa shape index (κ1) is 13.2. The van der Waals surface area contributed by atoms with Gasteiger partial charge in [-0.25, -0.2) is 4.79 Å². The number of ether oxygens (including phenoxy) is 2. The molecule has 1 rings (SSSR count). The second-order valence-electron chi connectivity index (χ2n) is 2.81. The summed E-state index contributed by atoms with van der Waals surface area (Å²) in [6.45, 7) is -3.08. The number of benzene rings is 1. The highest BCUT2D eigenvalue weighted by atomic mass is 35.5. The van der Waals surface area contributed by atoms with Crippen LogP contribution in [-0.2, 0) is 4.74 Å². The smallest absolute Gasteiger partial charge is 0.387 e. The fourth-order valence-corrected chi connectivity index (χ4v) is 1.33. The van der Waals surface area contributed by atoms with Gasteiger partial charge in [0.25, 0.3) is 0 Å². The van der Waals surface area contributed by atoms with E-state index in [9.17, 15) is 13.6 Å². The molecule has 0 spiro atoms. The first-order valence-electron chi connectivity index (χ1n) is 4.26. The Bertz CT molecular complexity index is 485. The van der Waals surface area contributed by atoms with Crippen molar-refractivity contribution in [1.82, 2.24) is 0 Å². The lowest BCUT2D eigenvalue weighted by Gasteiger charge is -2.09. The van der Waals surface area contributed by atoms with Gasteiger partial charge in [-0.1, -0.05) is 11.6 Å². The van der Waals surface area contributed by atoms with E-state index in [1.165, 1.54) is 0 Å². The van der Waals surface area contributed by atoms with Crippen molar-refractivity contribution in [2.75, 3.05) is 7.11 Å². The molecule has 1 aromatic rings. The van der Waals surface area contributed by atoms with Gasteiger partial charge in [-0.3, -0.25) is 0 Å². The Balaban J connectivity index is 3.25. The van der Waals surface area contributed by atoms with E-state index in [4.69, 9.17) is 16.9 Å². The lowest BCUT2D eigenvalue weighted by molar-refractivity contribution is -0.0500. The van der Waals surface area contributed by atoms with E-state index in [0.29, 0.717) is 0 Å². The maximum absolute atomic E-state index is 12.0. The van der Waals surface area contributed by atoms with E-state index in [1.807, 2.05) is 0 Å². The molecule has 0 heterocycles. The summed E-state index contributed by atoms with van der Waals surface area (Å²) >= 11 is 5.68. The first-order valence-corrected chi connectivity index (χ1v) is 4.64. The molecular weight excluding hydrogens is 256 g/mol. The Morgan fingerprint density at radius 2 is 2.18 bits per heavy atom. The topological polar surface area (TPSA) is 59.3 Å². The first-order chi connectivity index (χ1) is 7.99. The van der Waals surface area contributed by atoms with E-state index < -0.39 is 12.6 Å². The fourth-order valence-electron chi connectivity index (χ4n) is 1.10. The largest absolute Gasteiger partial charge is 0.465 e. The molecule has 0 saturated heterocycles. The summed E-state index contributed by atoms with van der Waals surface area (Å²) in [4.78, 5) is 11.2. The van der Waals surface area contributed by atoms with Crippen LogP contribution in [0.2, 0.25) is 5.02 Å². The molecule has 17 heavy (non-hydrogen) atoms. The lowest BCUT2D eigenvalue weighted by atomic mass is 10.1. The zero-order valence-electron chi connectivity index (χ0n) is 8.54. The van der Waals surface area contributed by atoms with Gasteiger partial charge < -0.3 is 9.47 Å². The highest BCUT2D eigenvalue weighted by Gasteiger charge is 2.17. The van der Waals surface area contributed by atoms with Crippen molar-refractivity contribution >= 4 is 17.6 Å². The van der Waals surface area contributed by atoms with Crippen LogP contribution in [0.25, 0.3) is 0 Å². The van der Waals surface area contributed by atoms with E-state index in [0.717, 1.165) is 19.2 Å². The van der Waals surface area contributed by atoms with Gasteiger partial charge in [0, 0.05) is 6.07 Å². The monoisotopic (exact) mass is 261 g/mol. The summed E-state index contributed by atoms with van der Waals surface area (Å²) in [5.41, 5.74) is -0.317. The van der Waals surface area contributed by atoms with Gasteiger partial charge in [0.05, 0.1) is 23.3 Å². The maximum atomic E-state index is 12.0. The average molecular weight is 262 g/mol. The maximum Gasteiger partial charge on any atom is 0.387 e. The molecule has 0 aliphatic heterocycles. The molecular formula is C10H6ClF2NO3. The zero-order chi connectivity index (χ0) is 13.0. The molecule has 1 aromatic carbocycles. The van der Waals surface area contributed by atoms with Crippen molar-refractivity contribution in [2.24, 2.45) is 0 Å². The van der Waals surface area contributed by atoms with Crippen LogP contribution in [0.3, 0.4) is 0 Å². The van der Waals surface area contributed by atoms with Crippen LogP contribution in [0, 0.1) is 11.3 Å². The zero-order valence-corrected chi connectivity index (χ0v) is 9.29. The molecule has 0 atom stereocenters. The molecule has 0 unspecified atom stereocenters. The number of rotatable bonds is 3. The minimum Gasteiger partial charge on any atom is -0.465 e. The molecule has 0 N–H and O–H groups in total. The van der Waals surface area contributed by atoms with Crippen LogP contribution in [-0.4, -0.2) is 19.7 Å². The molecule has 0 fully saturated rings. The van der Waals surface area contributed by atoms with E-state index >= 15 is 0 Å². The fraction of sp³-hybridized carbons (Fsp3) is 0.200. The molecule has 7 heteroatoms. The summed E-state index contributed by atoms with van der Waals surface area (Å²) < 4.78 is 32.6. The number of carbonyl (C=O) groups is 1. The minimum atomic E-state index is -3.08. The third-order valence-electron chi connectivity index (χ3n) is 1.81. The normalized spacial score (nSPS) is 9.88. The molecule has 0 aliphatic carbocycles. The summed E-state index contributed by atoms with van der Waals surface area (Å²) in [5.74, 6) is -1.16. The molecule has 90 valence electrons. The molecule has 0 amide bonds. The Hall–Kier alpha value is -1.87. The Morgan fingerprint density at radius 1 is 1.53 bits per heavy atom. The van der Waals surface area contributed by atoms with Gasteiger partial charge in [-0.15, -0.1) is 0 Å². The second-order valence-corrected chi connectivity index (χ2v) is 3.22. The van der Waals surface area contributed by atoms with E-state index in [-0.39, 0.29) is 21.9 Å². The van der Waals surface area contributed by atoms with Crippen LogP contribution >= 0.6 is 11.6 Å². The molecule has 0 bridgehead atoms. The second kappa shape index (κ2) is 5.46. The Morgan fingerprint density at radius 3 is 2.65 bits per heavy atom. The highest BCUT2D eigenvalue weighted by molar-refractivity contribution is 6.33. The van der Waals surface area contributed by atoms with Gasteiger partial charge >= 0.3 is 12.6 Å². The number of methoxy groups -OCH3 is 1. The van der Waals surface area contributed by atoms with Crippen molar-refractivity contribution in [1.29, 1.82) is 5.26 Å². The summed E-state index contributed by atoms with van der Waals surface area (Å²) in [5, 5.41) is 8.60. The van der Waals surface area contributed by atoms with Crippen LogP contribution in [0.15, 0.2) is 12.1 Å². The van der Waals surface area contributed by atoms with Crippen LogP contribution < -0.4 is 4.74 Å². The van der Waals surface area contributed by atoms with E-state index in [2.05, 4.69) is 9.47 Å². The molecule has 0 saturated carbocycles. The van der Waals surface area contributed by atoms with E-state index in [1.54, 1.807) is 6.07 Å². The number of esters is 1. The van der Waals surface area contributed by atoms with Crippen LogP contribution in [0.1, 0.15) is 15.9 Å². The van der Waals surface area contributed by atoms with Crippen molar-refractivity contribution in [3.05, 3.63) is 28.3 Å². The van der Waals surface area contributed by atoms with Gasteiger partial charge in [-0.2, -0.15) is 14.0 Å².